The van der Waals surface area contributed by atoms with Crippen LogP contribution in [0.4, 0.5) is 4.39 Å². The van der Waals surface area contributed by atoms with Gasteiger partial charge in [0.25, 0.3) is 5.56 Å². The summed E-state index contributed by atoms with van der Waals surface area (Å²) < 4.78 is 21.6. The van der Waals surface area contributed by atoms with E-state index in [4.69, 9.17) is 9.72 Å². The fourth-order valence-corrected chi connectivity index (χ4v) is 5.38. The maximum Gasteiger partial charge on any atom is 0.343 e. The predicted octanol–water partition coefficient (Wildman–Crippen LogP) is 2.99. The number of halogens is 1. The molecule has 2 aliphatic heterocycles. The van der Waals surface area contributed by atoms with Crippen molar-refractivity contribution in [2.24, 2.45) is 0 Å². The number of fused-ring (bicyclic) bond motifs is 5. The molecule has 1 atom stereocenters. The van der Waals surface area contributed by atoms with Gasteiger partial charge < -0.3 is 19.7 Å². The number of pyridine rings is 2. The van der Waals surface area contributed by atoms with Crippen LogP contribution in [0, 0.1) is 19.7 Å². The molecule has 0 saturated heterocycles. The van der Waals surface area contributed by atoms with Gasteiger partial charge in [-0.3, -0.25) is 4.79 Å². The summed E-state index contributed by atoms with van der Waals surface area (Å²) in [6, 6.07) is 3.14. The van der Waals surface area contributed by atoms with Gasteiger partial charge in [-0.2, -0.15) is 0 Å². The Bertz CT molecular complexity index is 1430. The average molecular weight is 466 g/mol. The molecular formula is C26H28FN3O4. The molecule has 5 rings (SSSR count). The summed E-state index contributed by atoms with van der Waals surface area (Å²) in [4.78, 5) is 30.6. The molecule has 0 bridgehead atoms. The highest BCUT2D eigenvalue weighted by molar-refractivity contribution is 5.92. The van der Waals surface area contributed by atoms with Gasteiger partial charge in [-0.25, -0.2) is 14.2 Å². The molecular weight excluding hydrogens is 437 g/mol. The quantitative estimate of drug-likeness (QED) is 0.348. The highest BCUT2D eigenvalue weighted by atomic mass is 19.1. The topological polar surface area (TPSA) is 93.5 Å². The maximum atomic E-state index is 14.9. The number of benzene rings is 1. The molecule has 0 radical (unpaired) electrons. The van der Waals surface area contributed by atoms with E-state index in [1.807, 2.05) is 14.0 Å². The Labute approximate surface area is 196 Å². The minimum atomic E-state index is -1.87. The van der Waals surface area contributed by atoms with Crippen molar-refractivity contribution in [3.05, 3.63) is 61.7 Å². The highest BCUT2D eigenvalue weighted by Crippen LogP contribution is 2.41. The van der Waals surface area contributed by atoms with Crippen molar-refractivity contribution in [3.63, 3.8) is 0 Å². The number of esters is 1. The monoisotopic (exact) mass is 465 g/mol. The lowest BCUT2D eigenvalue weighted by molar-refractivity contribution is -0.172. The van der Waals surface area contributed by atoms with Gasteiger partial charge in [0.15, 0.2) is 5.60 Å². The van der Waals surface area contributed by atoms with Gasteiger partial charge in [0.1, 0.15) is 12.4 Å². The number of ether oxygens (including phenoxy) is 1. The number of rotatable bonds is 5. The van der Waals surface area contributed by atoms with Gasteiger partial charge in [0, 0.05) is 22.6 Å². The number of hydrogen-bond donors (Lipinski definition) is 2. The van der Waals surface area contributed by atoms with Crippen molar-refractivity contribution in [3.8, 4) is 11.4 Å². The molecule has 0 aliphatic carbocycles. The number of nitrogens with zero attached hydrogens (tertiary/aromatic N) is 2. The Kier molecular flexibility index (Phi) is 5.33. The Balaban J connectivity index is 1.76. The number of carbonyl (C=O) groups is 1. The highest BCUT2D eigenvalue weighted by Gasteiger charge is 2.45. The van der Waals surface area contributed by atoms with E-state index >= 15 is 0 Å². The number of carbonyl (C=O) groups excluding carboxylic acids is 1. The van der Waals surface area contributed by atoms with Crippen LogP contribution < -0.4 is 10.9 Å². The lowest BCUT2D eigenvalue weighted by Gasteiger charge is -2.31. The summed E-state index contributed by atoms with van der Waals surface area (Å²) in [6.07, 6.45) is 1.66. The third-order valence-corrected chi connectivity index (χ3v) is 7.43. The fraction of sp³-hybridized carbons (Fsp3) is 0.423. The molecule has 7 nitrogen and oxygen atoms in total. The number of nitrogens with one attached hydrogen (secondary N) is 1. The first-order valence-electron chi connectivity index (χ1n) is 11.7. The van der Waals surface area contributed by atoms with E-state index in [0.717, 1.165) is 35.0 Å². The molecule has 4 heterocycles. The maximum absolute atomic E-state index is 14.9. The van der Waals surface area contributed by atoms with E-state index in [9.17, 15) is 19.1 Å². The van der Waals surface area contributed by atoms with E-state index in [1.54, 1.807) is 24.5 Å². The summed E-state index contributed by atoms with van der Waals surface area (Å²) in [5.41, 5.74) is 3.50. The second-order valence-corrected chi connectivity index (χ2v) is 9.23. The number of aliphatic hydroxyl groups is 1. The van der Waals surface area contributed by atoms with Crippen LogP contribution in [0.2, 0.25) is 0 Å². The van der Waals surface area contributed by atoms with E-state index in [-0.39, 0.29) is 35.5 Å². The van der Waals surface area contributed by atoms with Crippen molar-refractivity contribution in [1.82, 2.24) is 14.9 Å². The van der Waals surface area contributed by atoms with Gasteiger partial charge in [-0.05, 0) is 69.5 Å². The summed E-state index contributed by atoms with van der Waals surface area (Å²) in [7, 11) is 1.89. The number of hydrogen-bond acceptors (Lipinski definition) is 6. The van der Waals surface area contributed by atoms with E-state index in [0.29, 0.717) is 35.4 Å². The van der Waals surface area contributed by atoms with Crippen LogP contribution in [0.3, 0.4) is 0 Å². The van der Waals surface area contributed by atoms with Gasteiger partial charge in [-0.1, -0.05) is 6.92 Å². The second-order valence-electron chi connectivity index (χ2n) is 9.23. The second kappa shape index (κ2) is 7.99. The molecule has 8 heteroatoms. The molecule has 3 aromatic rings. The minimum absolute atomic E-state index is 0.0826. The smallest absolute Gasteiger partial charge is 0.343 e. The van der Waals surface area contributed by atoms with E-state index in [1.165, 1.54) is 6.07 Å². The average Bonchev–Trinajstić information content (AvgIpc) is 3.19. The third-order valence-electron chi connectivity index (χ3n) is 7.43. The molecule has 178 valence electrons. The predicted molar refractivity (Wildman–Crippen MR) is 126 cm³/mol. The lowest BCUT2D eigenvalue weighted by atomic mass is 9.86. The van der Waals surface area contributed by atoms with Gasteiger partial charge in [0.05, 0.1) is 29.0 Å². The Morgan fingerprint density at radius 2 is 2.00 bits per heavy atom. The number of aryl methyl sites for hydroxylation is 2. The first-order valence-corrected chi connectivity index (χ1v) is 11.7. The molecule has 2 aromatic heterocycles. The van der Waals surface area contributed by atoms with E-state index in [2.05, 4.69) is 5.32 Å². The Morgan fingerprint density at radius 1 is 1.24 bits per heavy atom. The van der Waals surface area contributed by atoms with Crippen molar-refractivity contribution in [2.75, 3.05) is 13.6 Å². The van der Waals surface area contributed by atoms with Crippen molar-refractivity contribution in [2.45, 2.75) is 58.8 Å². The zero-order valence-corrected chi connectivity index (χ0v) is 19.8. The van der Waals surface area contributed by atoms with E-state index < -0.39 is 11.6 Å². The Hall–Kier alpha value is -3.10. The van der Waals surface area contributed by atoms with Gasteiger partial charge >= 0.3 is 5.97 Å². The van der Waals surface area contributed by atoms with Crippen LogP contribution in [0.5, 0.6) is 0 Å². The summed E-state index contributed by atoms with van der Waals surface area (Å²) >= 11 is 0. The third kappa shape index (κ3) is 3.05. The molecule has 0 fully saturated rings. The SMILES string of the molecule is CC[C@@]1(O)C(=O)OCc2c1cc1n(c2=O)Cc2c-1nc1cc(F)c(C)c(CCCNC)c1c2C. The molecule has 0 spiro atoms. The zero-order chi connectivity index (χ0) is 24.4. The van der Waals surface area contributed by atoms with Crippen LogP contribution in [0.15, 0.2) is 16.9 Å². The van der Waals surface area contributed by atoms with Crippen molar-refractivity contribution in [1.29, 1.82) is 0 Å². The first-order chi connectivity index (χ1) is 16.2. The fourth-order valence-electron chi connectivity index (χ4n) is 5.38. The molecule has 0 unspecified atom stereocenters. The summed E-state index contributed by atoms with van der Waals surface area (Å²) in [6.45, 7) is 6.45. The molecule has 1 aromatic carbocycles. The molecule has 34 heavy (non-hydrogen) atoms. The summed E-state index contributed by atoms with van der Waals surface area (Å²) in [5.74, 6) is -1.06. The van der Waals surface area contributed by atoms with Gasteiger partial charge in [-0.15, -0.1) is 0 Å². The van der Waals surface area contributed by atoms with Crippen LogP contribution in [-0.4, -0.2) is 34.2 Å². The van der Waals surface area contributed by atoms with Crippen LogP contribution in [0.25, 0.3) is 22.3 Å². The van der Waals surface area contributed by atoms with Crippen LogP contribution >= 0.6 is 0 Å². The molecule has 0 saturated carbocycles. The molecule has 0 amide bonds. The molecule has 2 N–H and O–H groups in total. The largest absolute Gasteiger partial charge is 0.458 e. The Morgan fingerprint density at radius 3 is 2.71 bits per heavy atom. The van der Waals surface area contributed by atoms with Crippen molar-refractivity contribution >= 4 is 16.9 Å². The lowest BCUT2D eigenvalue weighted by Crippen LogP contribution is -2.44. The van der Waals surface area contributed by atoms with Crippen LogP contribution in [0.1, 0.15) is 53.1 Å². The summed E-state index contributed by atoms with van der Waals surface area (Å²) in [5, 5.41) is 15.1. The minimum Gasteiger partial charge on any atom is -0.458 e. The number of aromatic nitrogens is 2. The van der Waals surface area contributed by atoms with Crippen LogP contribution in [-0.2, 0) is 34.7 Å². The van der Waals surface area contributed by atoms with Gasteiger partial charge in [0.2, 0.25) is 0 Å². The molecule has 2 aliphatic rings. The number of cyclic esters (lactones) is 1. The van der Waals surface area contributed by atoms with Crippen molar-refractivity contribution < 1.29 is 19.0 Å². The standard InChI is InChI=1S/C26H28FN3O4/c1-5-26(33)18-9-21-23-16(11-30(21)24(31)17(18)12-34-25(26)32)14(3)22-15(7-6-8-28-4)13(2)19(27)10-20(22)29-23/h9-10,28,33H,5-8,11-12H2,1-4H3/t26-/m0/s1. The first kappa shape index (κ1) is 22.7. The zero-order valence-electron chi connectivity index (χ0n) is 19.8. The normalized spacial score (nSPS) is 18.6.